The van der Waals surface area contributed by atoms with Crippen molar-refractivity contribution in [2.45, 2.75) is 19.4 Å². The van der Waals surface area contributed by atoms with Crippen molar-refractivity contribution in [1.29, 1.82) is 0 Å². The highest BCUT2D eigenvalue weighted by Gasteiger charge is 2.43. The number of anilines is 1. The number of carbonyl (C=O) groups is 1. The number of ether oxygens (including phenoxy) is 3. The van der Waals surface area contributed by atoms with Crippen LogP contribution in [-0.4, -0.2) is 27.2 Å². The molecule has 0 fully saturated rings. The van der Waals surface area contributed by atoms with Gasteiger partial charge in [-0.15, -0.1) is 0 Å². The number of rotatable bonds is 5. The molecule has 3 aromatic carbocycles. The maximum atomic E-state index is 13.8. The third-order valence-corrected chi connectivity index (χ3v) is 8.94. The van der Waals surface area contributed by atoms with E-state index in [9.17, 15) is 4.79 Å². The summed E-state index contributed by atoms with van der Waals surface area (Å²) in [7, 11) is 8.12. The van der Waals surface area contributed by atoms with E-state index in [0.29, 0.717) is 28.5 Å². The number of methoxy groups -OCH3 is 3. The Morgan fingerprint density at radius 2 is 1.56 bits per heavy atom. The summed E-state index contributed by atoms with van der Waals surface area (Å²) in [5, 5.41) is 0. The molecule has 2 heterocycles. The van der Waals surface area contributed by atoms with Crippen molar-refractivity contribution < 1.29 is 19.0 Å². The summed E-state index contributed by atoms with van der Waals surface area (Å²) in [5.74, 6) is 2.02. The first-order valence-corrected chi connectivity index (χ1v) is 13.5. The number of benzene rings is 3. The fourth-order valence-electron chi connectivity index (χ4n) is 4.49. The quantitative estimate of drug-likeness (QED) is 0.278. The number of nitrogens with zero attached hydrogens (tertiary/aromatic N) is 2. The highest BCUT2D eigenvalue weighted by Crippen LogP contribution is 2.51. The standard InChI is InChI=1S/C28H26N2O4S2/c1-28(2)25-24(26(36-35-25)29-21-16-19(33-4)12-14-23(21)34-5)20-15-18(32-3)11-13-22(20)30(28)27(31)17-9-7-6-8-10-17/h6-16H,1-5H3. The fourth-order valence-corrected chi connectivity index (χ4v) is 7.44. The van der Waals surface area contributed by atoms with E-state index < -0.39 is 5.54 Å². The lowest BCUT2D eigenvalue weighted by molar-refractivity contribution is 0.0961. The minimum absolute atomic E-state index is 0.0518. The second-order valence-corrected chi connectivity index (χ2v) is 10.9. The molecule has 36 heavy (non-hydrogen) atoms. The number of fused-ring (bicyclic) bond motifs is 3. The highest BCUT2D eigenvalue weighted by atomic mass is 32.9. The third kappa shape index (κ3) is 3.96. The summed E-state index contributed by atoms with van der Waals surface area (Å²) in [6.07, 6.45) is 0. The number of amides is 1. The van der Waals surface area contributed by atoms with Crippen molar-refractivity contribution in [3.05, 3.63) is 81.8 Å². The molecule has 0 radical (unpaired) electrons. The Labute approximate surface area is 217 Å². The molecule has 0 unspecified atom stereocenters. The van der Waals surface area contributed by atoms with E-state index in [1.165, 1.54) is 0 Å². The molecule has 0 atom stereocenters. The van der Waals surface area contributed by atoms with Crippen molar-refractivity contribution in [3.63, 3.8) is 0 Å². The third-order valence-electron chi connectivity index (χ3n) is 6.31. The largest absolute Gasteiger partial charge is 0.497 e. The Kier molecular flexibility index (Phi) is 6.32. The van der Waals surface area contributed by atoms with Gasteiger partial charge in [-0.2, -0.15) is 0 Å². The van der Waals surface area contributed by atoms with Crippen LogP contribution in [0.2, 0.25) is 0 Å². The second kappa shape index (κ2) is 9.44. The Hall–Kier alpha value is -3.62. The zero-order valence-electron chi connectivity index (χ0n) is 20.7. The van der Waals surface area contributed by atoms with E-state index in [2.05, 4.69) is 13.8 Å². The van der Waals surface area contributed by atoms with Crippen molar-refractivity contribution in [3.8, 4) is 28.4 Å². The van der Waals surface area contributed by atoms with Gasteiger partial charge in [0.15, 0.2) is 0 Å². The molecule has 8 heteroatoms. The van der Waals surface area contributed by atoms with Crippen LogP contribution in [0.1, 0.15) is 29.1 Å². The first-order valence-electron chi connectivity index (χ1n) is 11.4. The van der Waals surface area contributed by atoms with E-state index in [1.807, 2.05) is 71.6 Å². The second-order valence-electron chi connectivity index (χ2n) is 8.77. The molecule has 4 aromatic rings. The molecule has 0 saturated carbocycles. The molecule has 1 amide bonds. The lowest BCUT2D eigenvalue weighted by atomic mass is 9.86. The van der Waals surface area contributed by atoms with Gasteiger partial charge in [0.25, 0.3) is 5.91 Å². The fraction of sp³-hybridized carbons (Fsp3) is 0.214. The van der Waals surface area contributed by atoms with Crippen molar-refractivity contribution in [2.75, 3.05) is 26.2 Å². The Bertz CT molecular complexity index is 1510. The summed E-state index contributed by atoms with van der Waals surface area (Å²) >= 11 is 0. The van der Waals surface area contributed by atoms with Gasteiger partial charge in [0.05, 0.1) is 37.4 Å². The summed E-state index contributed by atoms with van der Waals surface area (Å²) in [5.41, 5.74) is 3.46. The van der Waals surface area contributed by atoms with E-state index in [1.54, 1.807) is 42.0 Å². The number of hydrogen-bond donors (Lipinski definition) is 0. The molecule has 0 N–H and O–H groups in total. The summed E-state index contributed by atoms with van der Waals surface area (Å²) < 4.78 is 17.4. The molecular formula is C28H26N2O4S2. The summed E-state index contributed by atoms with van der Waals surface area (Å²) in [6.45, 7) is 4.16. The van der Waals surface area contributed by atoms with Crippen LogP contribution in [-0.2, 0) is 5.54 Å². The zero-order valence-corrected chi connectivity index (χ0v) is 22.3. The van der Waals surface area contributed by atoms with E-state index in [4.69, 9.17) is 19.2 Å². The van der Waals surface area contributed by atoms with Crippen molar-refractivity contribution in [2.24, 2.45) is 4.99 Å². The van der Waals surface area contributed by atoms with Gasteiger partial charge in [0.1, 0.15) is 27.6 Å². The van der Waals surface area contributed by atoms with Crippen LogP contribution in [0.25, 0.3) is 11.1 Å². The van der Waals surface area contributed by atoms with Crippen LogP contribution in [0.5, 0.6) is 17.2 Å². The molecule has 1 aliphatic rings. The Balaban J connectivity index is 1.76. The lowest BCUT2D eigenvalue weighted by Crippen LogP contribution is -2.48. The molecule has 1 aliphatic heterocycles. The van der Waals surface area contributed by atoms with Gasteiger partial charge in [-0.05, 0) is 56.3 Å². The van der Waals surface area contributed by atoms with Crippen molar-refractivity contribution >= 4 is 38.0 Å². The first-order chi connectivity index (χ1) is 17.4. The normalized spacial score (nSPS) is 14.1. The van der Waals surface area contributed by atoms with E-state index >= 15 is 0 Å². The monoisotopic (exact) mass is 518 g/mol. The van der Waals surface area contributed by atoms with Gasteiger partial charge < -0.3 is 14.2 Å². The van der Waals surface area contributed by atoms with Crippen LogP contribution in [0.15, 0.2) is 71.7 Å². The Morgan fingerprint density at radius 1 is 0.861 bits per heavy atom. The minimum Gasteiger partial charge on any atom is -0.497 e. The predicted octanol–water partition coefficient (Wildman–Crippen LogP) is 6.63. The SMILES string of the molecule is COc1ccc(OC)c(N=c2ssc3c2-c2cc(OC)ccc2N(C(=O)c2ccccc2)C3(C)C)c1. The number of carbonyl (C=O) groups excluding carboxylic acids is 1. The molecule has 6 nitrogen and oxygen atoms in total. The van der Waals surface area contributed by atoms with Crippen LogP contribution in [0.4, 0.5) is 11.4 Å². The highest BCUT2D eigenvalue weighted by molar-refractivity contribution is 7.68. The smallest absolute Gasteiger partial charge is 0.259 e. The molecule has 1 aromatic heterocycles. The van der Waals surface area contributed by atoms with Gasteiger partial charge >= 0.3 is 0 Å². The van der Waals surface area contributed by atoms with E-state index in [-0.39, 0.29) is 5.91 Å². The molecular weight excluding hydrogens is 492 g/mol. The van der Waals surface area contributed by atoms with E-state index in [0.717, 1.165) is 26.4 Å². The van der Waals surface area contributed by atoms with Gasteiger partial charge in [0, 0.05) is 22.8 Å². The van der Waals surface area contributed by atoms with Gasteiger partial charge in [0.2, 0.25) is 0 Å². The van der Waals surface area contributed by atoms with Crippen LogP contribution in [0.3, 0.4) is 0 Å². The van der Waals surface area contributed by atoms with Gasteiger partial charge in [-0.3, -0.25) is 9.69 Å². The summed E-state index contributed by atoms with van der Waals surface area (Å²) in [4.78, 5) is 21.8. The Morgan fingerprint density at radius 3 is 2.25 bits per heavy atom. The maximum Gasteiger partial charge on any atom is 0.259 e. The molecule has 5 rings (SSSR count). The van der Waals surface area contributed by atoms with Crippen molar-refractivity contribution in [1.82, 2.24) is 0 Å². The molecule has 0 aliphatic carbocycles. The maximum absolute atomic E-state index is 13.8. The molecule has 0 bridgehead atoms. The average Bonchev–Trinajstić information content (AvgIpc) is 3.33. The van der Waals surface area contributed by atoms with Gasteiger partial charge in [-0.25, -0.2) is 4.99 Å². The zero-order chi connectivity index (χ0) is 25.4. The van der Waals surface area contributed by atoms with Crippen LogP contribution < -0.4 is 23.8 Å². The first kappa shape index (κ1) is 24.1. The average molecular weight is 519 g/mol. The minimum atomic E-state index is -0.600. The molecule has 184 valence electrons. The lowest BCUT2D eigenvalue weighted by Gasteiger charge is -2.43. The predicted molar refractivity (Wildman–Crippen MR) is 145 cm³/mol. The molecule has 0 spiro atoms. The molecule has 0 saturated heterocycles. The number of hydrogen-bond acceptors (Lipinski definition) is 7. The van der Waals surface area contributed by atoms with Gasteiger partial charge in [-0.1, -0.05) is 38.9 Å². The topological polar surface area (TPSA) is 60.4 Å². The van der Waals surface area contributed by atoms with Crippen LogP contribution >= 0.6 is 20.7 Å². The summed E-state index contributed by atoms with van der Waals surface area (Å²) in [6, 6.07) is 20.8. The van der Waals surface area contributed by atoms with Crippen LogP contribution in [0, 0.1) is 0 Å².